The van der Waals surface area contributed by atoms with Crippen LogP contribution in [0, 0.1) is 47.9 Å². The van der Waals surface area contributed by atoms with E-state index in [4.69, 9.17) is 0 Å². The van der Waals surface area contributed by atoms with Gasteiger partial charge in [-0.05, 0) is 49.5 Å². The van der Waals surface area contributed by atoms with Crippen LogP contribution in [0.2, 0.25) is 0 Å². The molecule has 0 aliphatic carbocycles. The smallest absolute Gasteiger partial charge is 0.164 e. The van der Waals surface area contributed by atoms with Gasteiger partial charge in [0.1, 0.15) is 11.5 Å². The quantitative estimate of drug-likeness (QED) is 0.151. The van der Waals surface area contributed by atoms with Gasteiger partial charge in [0.2, 0.25) is 0 Å². The topological polar surface area (TPSA) is 126 Å². The van der Waals surface area contributed by atoms with Crippen LogP contribution in [0.4, 0.5) is 0 Å². The summed E-state index contributed by atoms with van der Waals surface area (Å²) in [7, 11) is 0. The third-order valence-corrected chi connectivity index (χ3v) is 6.41. The van der Waals surface area contributed by atoms with Crippen molar-refractivity contribution < 1.29 is 61.9 Å². The van der Waals surface area contributed by atoms with E-state index in [0.29, 0.717) is 11.4 Å². The van der Waals surface area contributed by atoms with Crippen LogP contribution in [0.25, 0.3) is 22.8 Å². The number of rotatable bonds is 4. The van der Waals surface area contributed by atoms with Gasteiger partial charge in [-0.1, -0.05) is 88.6 Å². The fraction of sp³-hybridized carbons (Fsp3) is 0.474. The molecule has 48 heavy (non-hydrogen) atoms. The zero-order chi connectivity index (χ0) is 35.7. The Morgan fingerprint density at radius 2 is 0.917 bits per heavy atom. The molecule has 0 aromatic carbocycles. The SMILES string of the molecule is CC(C)(C)C(=O)/C=C(\O)C(C)(C)C.CC(C)(C)C(=O)/C=C(\O)C(C)(C)C.Cc1ccnc(-c2[c-]n[c-]c(-c3cc(C)ccn3)n2)c1.[Pt].[Pt]. The molecule has 0 fully saturated rings. The zero-order valence-electron chi connectivity index (χ0n) is 30.8. The third-order valence-electron chi connectivity index (χ3n) is 6.41. The average molecular weight is 1020 g/mol. The van der Waals surface area contributed by atoms with Gasteiger partial charge in [0.15, 0.2) is 11.6 Å². The number of aromatic nitrogens is 4. The van der Waals surface area contributed by atoms with Gasteiger partial charge in [-0.25, -0.2) is 12.4 Å². The minimum Gasteiger partial charge on any atom is -0.537 e. The Hall–Kier alpha value is -2.82. The number of nitrogens with zero attached hydrogens (tertiary/aromatic N) is 4. The first-order valence-corrected chi connectivity index (χ1v) is 15.3. The van der Waals surface area contributed by atoms with Crippen LogP contribution in [0.5, 0.6) is 0 Å². The van der Waals surface area contributed by atoms with Crippen LogP contribution in [-0.2, 0) is 51.7 Å². The summed E-state index contributed by atoms with van der Waals surface area (Å²) in [5.41, 5.74) is 3.42. The van der Waals surface area contributed by atoms with Gasteiger partial charge in [-0.15, -0.1) is 17.5 Å². The summed E-state index contributed by atoms with van der Waals surface area (Å²) in [5, 5.41) is 19.1. The number of ketones is 2. The van der Waals surface area contributed by atoms with E-state index in [1.165, 1.54) is 12.2 Å². The summed E-state index contributed by atoms with van der Waals surface area (Å²) in [6.45, 7) is 26.3. The molecule has 0 saturated carbocycles. The Morgan fingerprint density at radius 3 is 1.17 bits per heavy atom. The van der Waals surface area contributed by atoms with Crippen molar-refractivity contribution >= 4 is 11.6 Å². The first-order chi connectivity index (χ1) is 20.8. The minimum atomic E-state index is -0.417. The van der Waals surface area contributed by atoms with Gasteiger partial charge < -0.3 is 25.2 Å². The van der Waals surface area contributed by atoms with Crippen LogP contribution in [0.3, 0.4) is 0 Å². The molecule has 0 aliphatic rings. The Morgan fingerprint density at radius 1 is 0.604 bits per heavy atom. The molecule has 0 unspecified atom stereocenters. The molecule has 8 nitrogen and oxygen atoms in total. The number of hydrogen-bond donors (Lipinski definition) is 2. The van der Waals surface area contributed by atoms with E-state index in [0.717, 1.165) is 22.5 Å². The molecule has 0 aliphatic heterocycles. The van der Waals surface area contributed by atoms with Gasteiger partial charge in [-0.3, -0.25) is 14.6 Å². The molecule has 3 heterocycles. The molecule has 0 atom stereocenters. The molecule has 2 N–H and O–H groups in total. The number of hydrogen-bond acceptors (Lipinski definition) is 8. The van der Waals surface area contributed by atoms with Crippen molar-refractivity contribution in [3.63, 3.8) is 0 Å². The maximum atomic E-state index is 11.5. The van der Waals surface area contributed by atoms with Crippen LogP contribution in [-0.4, -0.2) is 41.7 Å². The second-order valence-corrected chi connectivity index (χ2v) is 15.4. The normalized spacial score (nSPS) is 12.2. The fourth-order valence-electron chi connectivity index (χ4n) is 2.97. The largest absolute Gasteiger partial charge is 0.537 e. The molecule has 3 rings (SSSR count). The summed E-state index contributed by atoms with van der Waals surface area (Å²) in [5.74, 6) is 0.208. The molecule has 0 bridgehead atoms. The van der Waals surface area contributed by atoms with Gasteiger partial charge in [0.05, 0.1) is 5.69 Å². The summed E-state index contributed by atoms with van der Waals surface area (Å²) >= 11 is 0. The Labute approximate surface area is 317 Å². The molecule has 0 spiro atoms. The second kappa shape index (κ2) is 19.4. The van der Waals surface area contributed by atoms with E-state index in [-0.39, 0.29) is 76.0 Å². The maximum absolute atomic E-state index is 11.5. The van der Waals surface area contributed by atoms with Crippen molar-refractivity contribution in [2.45, 2.75) is 96.9 Å². The predicted molar refractivity (Wildman–Crippen MR) is 185 cm³/mol. The van der Waals surface area contributed by atoms with Crippen LogP contribution in [0.15, 0.2) is 60.3 Å². The maximum Gasteiger partial charge on any atom is 0.164 e. The molecule has 3 aromatic rings. The molecule has 0 amide bonds. The molecule has 10 heteroatoms. The summed E-state index contributed by atoms with van der Waals surface area (Å²) < 4.78 is 0. The molecule has 270 valence electrons. The minimum absolute atomic E-state index is 0. The number of aliphatic hydroxyl groups excluding tert-OH is 2. The Bertz CT molecular complexity index is 1440. The standard InChI is InChI=1S/C16H12N4.2C11H20O2.2Pt/c1-11-3-5-18-13(7-11)15-9-17-10-16(20-15)14-8-12(2)4-6-19-14;2*1-10(2,3)8(12)7-9(13)11(4,5)6;;/h3-8H,1-2H3;2*7,12H,1-6H3;;/q-2;;;;/b;2*8-7-;;. The van der Waals surface area contributed by atoms with Crippen molar-refractivity contribution in [2.24, 2.45) is 21.7 Å². The molecule has 0 saturated heterocycles. The van der Waals surface area contributed by atoms with Crippen LogP contribution >= 0.6 is 0 Å². The Kier molecular flexibility index (Phi) is 19.1. The van der Waals surface area contributed by atoms with Gasteiger partial charge in [-0.2, -0.15) is 0 Å². The third kappa shape index (κ3) is 17.0. The summed E-state index contributed by atoms with van der Waals surface area (Å²) in [6.07, 6.45) is 11.8. The first kappa shape index (κ1) is 47.3. The van der Waals surface area contributed by atoms with Crippen molar-refractivity contribution in [1.29, 1.82) is 0 Å². The van der Waals surface area contributed by atoms with Crippen molar-refractivity contribution in [2.75, 3.05) is 0 Å². The first-order valence-electron chi connectivity index (χ1n) is 15.3. The van der Waals surface area contributed by atoms with Crippen molar-refractivity contribution in [1.82, 2.24) is 19.9 Å². The number of pyridine rings is 2. The van der Waals surface area contributed by atoms with Gasteiger partial charge >= 0.3 is 0 Å². The molecule has 3 aromatic heterocycles. The molecule has 0 radical (unpaired) electrons. The predicted octanol–water partition coefficient (Wildman–Crippen LogP) is 8.99. The molecular weight excluding hydrogens is 967 g/mol. The van der Waals surface area contributed by atoms with Gasteiger partial charge in [0.25, 0.3) is 0 Å². The van der Waals surface area contributed by atoms with Crippen LogP contribution < -0.4 is 0 Å². The fourth-order valence-corrected chi connectivity index (χ4v) is 2.97. The average Bonchev–Trinajstić information content (AvgIpc) is 2.92. The van der Waals surface area contributed by atoms with E-state index in [2.05, 4.69) is 32.3 Å². The zero-order valence-corrected chi connectivity index (χ0v) is 35.3. The Balaban J connectivity index is 0. The number of allylic oxidation sites excluding steroid dienone is 4. The van der Waals surface area contributed by atoms with Crippen LogP contribution in [0.1, 0.15) is 94.2 Å². The van der Waals surface area contributed by atoms with E-state index in [9.17, 15) is 19.8 Å². The number of carbonyl (C=O) groups is 2. The van der Waals surface area contributed by atoms with Crippen molar-refractivity contribution in [3.8, 4) is 22.8 Å². The number of aliphatic hydroxyl groups is 2. The van der Waals surface area contributed by atoms with E-state index in [1.54, 1.807) is 12.4 Å². The van der Waals surface area contributed by atoms with E-state index >= 15 is 0 Å². The molecular formula is C38H52N4O4Pt2-2. The summed E-state index contributed by atoms with van der Waals surface area (Å²) in [6, 6.07) is 7.78. The number of aryl methyl sites for hydroxylation is 2. The van der Waals surface area contributed by atoms with E-state index in [1.807, 2.05) is 121 Å². The van der Waals surface area contributed by atoms with Crippen molar-refractivity contribution in [3.05, 3.63) is 83.9 Å². The summed E-state index contributed by atoms with van der Waals surface area (Å²) in [4.78, 5) is 40.1. The van der Waals surface area contributed by atoms with Gasteiger partial charge in [0, 0.05) is 82.1 Å². The second-order valence-electron chi connectivity index (χ2n) is 15.4. The van der Waals surface area contributed by atoms with E-state index < -0.39 is 10.8 Å². The number of carbonyl (C=O) groups excluding carboxylic acids is 2. The monoisotopic (exact) mass is 1020 g/mol.